The van der Waals surface area contributed by atoms with Crippen molar-refractivity contribution in [2.24, 2.45) is 0 Å². The molecule has 2 aromatic carbocycles. The summed E-state index contributed by atoms with van der Waals surface area (Å²) < 4.78 is 36.7. The number of amides is 1. The molecule has 5 nitrogen and oxygen atoms in total. The van der Waals surface area contributed by atoms with Gasteiger partial charge in [0, 0.05) is 23.5 Å². The smallest absolute Gasteiger partial charge is 0.243 e. The number of carbonyl (C=O) groups excluding carboxylic acids is 1. The maximum absolute atomic E-state index is 13.1. The first-order chi connectivity index (χ1) is 11.1. The Morgan fingerprint density at radius 3 is 2.48 bits per heavy atom. The summed E-state index contributed by atoms with van der Waals surface area (Å²) in [7, 11) is 0. The number of benzene rings is 2. The van der Waals surface area contributed by atoms with Crippen LogP contribution in [0.25, 0.3) is 0 Å². The van der Waals surface area contributed by atoms with Crippen molar-refractivity contribution in [1.29, 1.82) is 0 Å². The van der Waals surface area contributed by atoms with Crippen LogP contribution in [0.2, 0.25) is 0 Å². The van der Waals surface area contributed by atoms with E-state index in [1.54, 1.807) is 18.2 Å². The molecular formula is C16H14F2N2O3. The Morgan fingerprint density at radius 1 is 0.957 bits per heavy atom. The van der Waals surface area contributed by atoms with Crippen molar-refractivity contribution in [2.45, 2.75) is 0 Å². The molecule has 0 radical (unpaired) electrons. The Hall–Kier alpha value is -2.83. The van der Waals surface area contributed by atoms with E-state index >= 15 is 0 Å². The van der Waals surface area contributed by atoms with Gasteiger partial charge in [0.2, 0.25) is 5.91 Å². The van der Waals surface area contributed by atoms with E-state index in [4.69, 9.17) is 9.47 Å². The number of halogens is 2. The van der Waals surface area contributed by atoms with Crippen LogP contribution < -0.4 is 20.1 Å². The second kappa shape index (κ2) is 6.51. The van der Waals surface area contributed by atoms with E-state index in [1.165, 1.54) is 6.07 Å². The average molecular weight is 320 g/mol. The second-order valence-electron chi connectivity index (χ2n) is 4.89. The van der Waals surface area contributed by atoms with Crippen LogP contribution in [0.15, 0.2) is 36.4 Å². The summed E-state index contributed by atoms with van der Waals surface area (Å²) in [5, 5.41) is 5.40. The molecule has 0 spiro atoms. The molecule has 1 aliphatic heterocycles. The van der Waals surface area contributed by atoms with Gasteiger partial charge < -0.3 is 20.1 Å². The Labute approximate surface area is 131 Å². The first kappa shape index (κ1) is 15.1. The van der Waals surface area contributed by atoms with E-state index < -0.39 is 11.6 Å². The monoisotopic (exact) mass is 320 g/mol. The molecule has 1 amide bonds. The van der Waals surface area contributed by atoms with Crippen LogP contribution in [0.5, 0.6) is 11.5 Å². The van der Waals surface area contributed by atoms with Gasteiger partial charge in [-0.3, -0.25) is 4.79 Å². The van der Waals surface area contributed by atoms with Crippen molar-refractivity contribution < 1.29 is 23.0 Å². The fourth-order valence-electron chi connectivity index (χ4n) is 2.11. The number of carbonyl (C=O) groups is 1. The molecule has 7 heteroatoms. The van der Waals surface area contributed by atoms with Gasteiger partial charge in [0.15, 0.2) is 23.1 Å². The minimum absolute atomic E-state index is 0.0838. The highest BCUT2D eigenvalue weighted by Crippen LogP contribution is 2.32. The van der Waals surface area contributed by atoms with Gasteiger partial charge in [0.05, 0.1) is 6.54 Å². The Balaban J connectivity index is 1.57. The third-order valence-electron chi connectivity index (χ3n) is 3.20. The average Bonchev–Trinajstić information content (AvgIpc) is 2.56. The van der Waals surface area contributed by atoms with Crippen LogP contribution in [0.4, 0.5) is 20.2 Å². The molecular weight excluding hydrogens is 306 g/mol. The normalized spacial score (nSPS) is 12.6. The molecule has 2 aromatic rings. The molecule has 120 valence electrons. The highest BCUT2D eigenvalue weighted by atomic mass is 19.2. The Morgan fingerprint density at radius 2 is 1.70 bits per heavy atom. The molecule has 23 heavy (non-hydrogen) atoms. The maximum atomic E-state index is 13.1. The molecule has 0 fully saturated rings. The summed E-state index contributed by atoms with van der Waals surface area (Å²) in [4.78, 5) is 11.9. The lowest BCUT2D eigenvalue weighted by Gasteiger charge is -2.19. The van der Waals surface area contributed by atoms with Gasteiger partial charge in [-0.15, -0.1) is 0 Å². The summed E-state index contributed by atoms with van der Waals surface area (Å²) in [5.41, 5.74) is 0.882. The van der Waals surface area contributed by atoms with Gasteiger partial charge in [-0.1, -0.05) is 0 Å². The summed E-state index contributed by atoms with van der Waals surface area (Å²) in [6.45, 7) is 0.873. The summed E-state index contributed by atoms with van der Waals surface area (Å²) in [6, 6.07) is 8.43. The fourth-order valence-corrected chi connectivity index (χ4v) is 2.11. The number of nitrogens with one attached hydrogen (secondary N) is 2. The van der Waals surface area contributed by atoms with Crippen molar-refractivity contribution in [1.82, 2.24) is 0 Å². The molecule has 1 aliphatic rings. The van der Waals surface area contributed by atoms with Crippen molar-refractivity contribution >= 4 is 17.3 Å². The van der Waals surface area contributed by atoms with Crippen LogP contribution in [0.1, 0.15) is 0 Å². The van der Waals surface area contributed by atoms with Crippen LogP contribution in [0.3, 0.4) is 0 Å². The zero-order valence-electron chi connectivity index (χ0n) is 12.1. The molecule has 0 aliphatic carbocycles. The van der Waals surface area contributed by atoms with E-state index in [9.17, 15) is 13.6 Å². The van der Waals surface area contributed by atoms with Gasteiger partial charge >= 0.3 is 0 Å². The Bertz CT molecular complexity index is 737. The molecule has 3 rings (SSSR count). The van der Waals surface area contributed by atoms with Gasteiger partial charge in [0.25, 0.3) is 0 Å². The van der Waals surface area contributed by atoms with E-state index in [-0.39, 0.29) is 12.5 Å². The zero-order chi connectivity index (χ0) is 16.2. The molecule has 0 saturated carbocycles. The lowest BCUT2D eigenvalue weighted by Crippen LogP contribution is -2.22. The van der Waals surface area contributed by atoms with Gasteiger partial charge in [-0.05, 0) is 24.3 Å². The highest BCUT2D eigenvalue weighted by Gasteiger charge is 2.12. The number of anilines is 2. The standard InChI is InChI=1S/C16H14F2N2O3/c17-12-3-1-10(7-13(12)18)19-9-16(21)20-11-2-4-14-15(8-11)23-6-5-22-14/h1-4,7-8,19H,5-6,9H2,(H,20,21). The van der Waals surface area contributed by atoms with Crippen LogP contribution in [0, 0.1) is 11.6 Å². The number of rotatable bonds is 4. The molecule has 0 saturated heterocycles. The molecule has 0 unspecified atom stereocenters. The van der Waals surface area contributed by atoms with E-state index in [0.717, 1.165) is 12.1 Å². The third kappa shape index (κ3) is 3.68. The second-order valence-corrected chi connectivity index (χ2v) is 4.89. The van der Waals surface area contributed by atoms with Crippen molar-refractivity contribution in [3.8, 4) is 11.5 Å². The summed E-state index contributed by atoms with van der Waals surface area (Å²) in [6.07, 6.45) is 0. The maximum Gasteiger partial charge on any atom is 0.243 e. The quantitative estimate of drug-likeness (QED) is 0.909. The molecule has 0 atom stereocenters. The number of ether oxygens (including phenoxy) is 2. The zero-order valence-corrected chi connectivity index (χ0v) is 12.1. The minimum Gasteiger partial charge on any atom is -0.486 e. The minimum atomic E-state index is -0.970. The molecule has 1 heterocycles. The predicted molar refractivity (Wildman–Crippen MR) is 80.9 cm³/mol. The van der Waals surface area contributed by atoms with Gasteiger partial charge in [0.1, 0.15) is 13.2 Å². The van der Waals surface area contributed by atoms with E-state index in [2.05, 4.69) is 10.6 Å². The van der Waals surface area contributed by atoms with Crippen LogP contribution >= 0.6 is 0 Å². The number of hydrogen-bond acceptors (Lipinski definition) is 4. The molecule has 2 N–H and O–H groups in total. The largest absolute Gasteiger partial charge is 0.486 e. The van der Waals surface area contributed by atoms with E-state index in [1.807, 2.05) is 0 Å². The highest BCUT2D eigenvalue weighted by molar-refractivity contribution is 5.94. The van der Waals surface area contributed by atoms with Crippen molar-refractivity contribution in [3.05, 3.63) is 48.0 Å². The summed E-state index contributed by atoms with van der Waals surface area (Å²) in [5.74, 6) is -1.03. The van der Waals surface area contributed by atoms with Gasteiger partial charge in [-0.25, -0.2) is 8.78 Å². The van der Waals surface area contributed by atoms with Crippen LogP contribution in [-0.2, 0) is 4.79 Å². The first-order valence-corrected chi connectivity index (χ1v) is 7.00. The summed E-state index contributed by atoms with van der Waals surface area (Å²) >= 11 is 0. The fraction of sp³-hybridized carbons (Fsp3) is 0.188. The number of fused-ring (bicyclic) bond motifs is 1. The van der Waals surface area contributed by atoms with Crippen LogP contribution in [-0.4, -0.2) is 25.7 Å². The first-order valence-electron chi connectivity index (χ1n) is 7.00. The third-order valence-corrected chi connectivity index (χ3v) is 3.20. The molecule has 0 bridgehead atoms. The predicted octanol–water partition coefficient (Wildman–Crippen LogP) is 2.79. The topological polar surface area (TPSA) is 59.6 Å². The van der Waals surface area contributed by atoms with Crippen molar-refractivity contribution in [3.63, 3.8) is 0 Å². The number of hydrogen-bond donors (Lipinski definition) is 2. The van der Waals surface area contributed by atoms with E-state index in [0.29, 0.717) is 36.1 Å². The van der Waals surface area contributed by atoms with Gasteiger partial charge in [-0.2, -0.15) is 0 Å². The molecule has 0 aromatic heterocycles. The lowest BCUT2D eigenvalue weighted by molar-refractivity contribution is -0.114. The van der Waals surface area contributed by atoms with Crippen molar-refractivity contribution in [2.75, 3.05) is 30.4 Å². The lowest BCUT2D eigenvalue weighted by atomic mass is 10.2. The Kier molecular flexibility index (Phi) is 4.27. The SMILES string of the molecule is O=C(CNc1ccc(F)c(F)c1)Nc1ccc2c(c1)OCCO2.